The van der Waals surface area contributed by atoms with Gasteiger partial charge in [-0.25, -0.2) is 19.2 Å². The van der Waals surface area contributed by atoms with Crippen LogP contribution < -0.4 is 26.4 Å². The predicted octanol–water partition coefficient (Wildman–Crippen LogP) is 7.33. The van der Waals surface area contributed by atoms with E-state index in [1.807, 2.05) is 42.2 Å². The van der Waals surface area contributed by atoms with Gasteiger partial charge in [0.15, 0.2) is 44.8 Å². The minimum Gasteiger partial charge on any atom is -0.491 e. The second-order valence-electron chi connectivity index (χ2n) is 13.1. The third-order valence-corrected chi connectivity index (χ3v) is 10.8. The van der Waals surface area contributed by atoms with Crippen LogP contribution in [-0.4, -0.2) is 69.6 Å². The highest BCUT2D eigenvalue weighted by atomic mass is 32.1. The number of carboxylic acid groups (broad SMARTS) is 1. The topological polar surface area (TPSA) is 169 Å². The normalized spacial score (nSPS) is 11.8. The number of carboxylic acids is 1. The fraction of sp³-hybridized carbons (Fsp3) is 0.256. The molecule has 0 aliphatic rings. The van der Waals surface area contributed by atoms with Gasteiger partial charge in [0.1, 0.15) is 0 Å². The summed E-state index contributed by atoms with van der Waals surface area (Å²) in [6.45, 7) is 2.71. The van der Waals surface area contributed by atoms with Crippen LogP contribution in [0.4, 0.5) is 39.5 Å². The van der Waals surface area contributed by atoms with Crippen molar-refractivity contribution in [3.63, 3.8) is 0 Å². The zero-order chi connectivity index (χ0) is 40.9. The lowest BCUT2D eigenvalue weighted by Gasteiger charge is -2.28. The molecule has 18 heteroatoms. The number of alkyl halides is 3. The Morgan fingerprint density at radius 1 is 1.00 bits per heavy atom. The lowest BCUT2D eigenvalue weighted by atomic mass is 9.99. The second kappa shape index (κ2) is 17.2. The zero-order valence-electron chi connectivity index (χ0n) is 30.9. The van der Waals surface area contributed by atoms with Gasteiger partial charge in [-0.3, -0.25) is 4.90 Å². The number of ether oxygens (including phenoxy) is 1. The molecule has 0 saturated carbocycles. The molecule has 0 saturated heterocycles. The van der Waals surface area contributed by atoms with Gasteiger partial charge in [-0.1, -0.05) is 59.6 Å². The molecule has 0 atom stereocenters. The minimum atomic E-state index is -4.80. The molecule has 0 bridgehead atoms. The molecule has 0 radical (unpaired) electrons. The summed E-state index contributed by atoms with van der Waals surface area (Å²) < 4.78 is 61.0. The number of para-hydroxylation sites is 1. The Kier molecular flexibility index (Phi) is 12.4. The average molecular weight is 820 g/mol. The SMILES string of the molecule is Cc1cc(N(C)c2nc(C(=O)O)c(CCCOc3ccc(C#CCN(C)Cc4ccc(C(N)(N)C(F)(F)F)cc4)cc3F)s2)nnc1Nc1nc2ccccc2s1. The maximum Gasteiger partial charge on any atom is 0.423 e. The molecule has 0 amide bonds. The van der Waals surface area contributed by atoms with Crippen LogP contribution in [0.5, 0.6) is 5.75 Å². The lowest BCUT2D eigenvalue weighted by molar-refractivity contribution is -0.188. The molecule has 0 fully saturated rings. The number of nitrogens with zero attached hydrogens (tertiary/aromatic N) is 6. The molecule has 296 valence electrons. The zero-order valence-corrected chi connectivity index (χ0v) is 32.5. The van der Waals surface area contributed by atoms with Crippen LogP contribution in [0, 0.1) is 24.6 Å². The smallest absolute Gasteiger partial charge is 0.423 e. The molecular weight excluding hydrogens is 783 g/mol. The maximum absolute atomic E-state index is 14.9. The van der Waals surface area contributed by atoms with E-state index in [4.69, 9.17) is 16.2 Å². The molecule has 0 aliphatic carbocycles. The first-order valence-corrected chi connectivity index (χ1v) is 19.0. The minimum absolute atomic E-state index is 0.0313. The van der Waals surface area contributed by atoms with Crippen molar-refractivity contribution in [2.45, 2.75) is 38.1 Å². The van der Waals surface area contributed by atoms with E-state index in [0.717, 1.165) is 21.3 Å². The van der Waals surface area contributed by atoms with Gasteiger partial charge in [0.25, 0.3) is 0 Å². The van der Waals surface area contributed by atoms with E-state index in [0.29, 0.717) is 58.3 Å². The van der Waals surface area contributed by atoms with Crippen molar-refractivity contribution in [2.24, 2.45) is 11.5 Å². The number of aryl methyl sites for hydroxylation is 2. The summed E-state index contributed by atoms with van der Waals surface area (Å²) in [5.74, 6) is 5.15. The van der Waals surface area contributed by atoms with Crippen LogP contribution in [-0.2, 0) is 18.6 Å². The lowest BCUT2D eigenvalue weighted by Crippen LogP contribution is -2.57. The monoisotopic (exact) mass is 819 g/mol. The summed E-state index contributed by atoms with van der Waals surface area (Å²) in [6, 6.07) is 19.5. The largest absolute Gasteiger partial charge is 0.491 e. The summed E-state index contributed by atoms with van der Waals surface area (Å²) >= 11 is 2.72. The fourth-order valence-corrected chi connectivity index (χ4v) is 7.44. The number of nitrogens with two attached hydrogens (primary N) is 2. The highest BCUT2D eigenvalue weighted by molar-refractivity contribution is 7.22. The van der Waals surface area contributed by atoms with E-state index in [1.165, 1.54) is 59.1 Å². The Morgan fingerprint density at radius 2 is 1.75 bits per heavy atom. The van der Waals surface area contributed by atoms with Gasteiger partial charge in [0, 0.05) is 24.0 Å². The first kappa shape index (κ1) is 40.9. The van der Waals surface area contributed by atoms with Crippen LogP contribution >= 0.6 is 22.7 Å². The van der Waals surface area contributed by atoms with E-state index in [-0.39, 0.29) is 23.6 Å². The van der Waals surface area contributed by atoms with Gasteiger partial charge in [0.05, 0.1) is 23.4 Å². The van der Waals surface area contributed by atoms with Crippen LogP contribution in [0.2, 0.25) is 0 Å². The van der Waals surface area contributed by atoms with Crippen LogP contribution in [0.3, 0.4) is 0 Å². The van der Waals surface area contributed by atoms with E-state index in [1.54, 1.807) is 25.1 Å². The molecule has 3 heterocycles. The van der Waals surface area contributed by atoms with Crippen molar-refractivity contribution in [3.05, 3.63) is 111 Å². The van der Waals surface area contributed by atoms with Gasteiger partial charge in [-0.2, -0.15) is 13.2 Å². The molecule has 6 aromatic rings. The number of fused-ring (bicyclic) bond motifs is 1. The Balaban J connectivity index is 0.992. The number of aromatic nitrogens is 4. The first-order valence-electron chi connectivity index (χ1n) is 17.4. The second-order valence-corrected chi connectivity index (χ2v) is 15.2. The number of rotatable bonds is 14. The maximum atomic E-state index is 14.9. The predicted molar refractivity (Wildman–Crippen MR) is 213 cm³/mol. The Bertz CT molecular complexity index is 2410. The van der Waals surface area contributed by atoms with Gasteiger partial charge >= 0.3 is 12.1 Å². The highest BCUT2D eigenvalue weighted by Gasteiger charge is 2.50. The van der Waals surface area contributed by atoms with Gasteiger partial charge in [-0.05, 0) is 79.9 Å². The summed E-state index contributed by atoms with van der Waals surface area (Å²) in [7, 11) is 3.52. The summed E-state index contributed by atoms with van der Waals surface area (Å²) in [6.07, 6.45) is -4.07. The number of nitrogens with one attached hydrogen (secondary N) is 1. The fourth-order valence-electron chi connectivity index (χ4n) is 5.51. The third-order valence-electron chi connectivity index (χ3n) is 8.68. The number of hydrogen-bond acceptors (Lipinski definition) is 13. The van der Waals surface area contributed by atoms with Crippen molar-refractivity contribution in [3.8, 4) is 17.6 Å². The van der Waals surface area contributed by atoms with Crippen molar-refractivity contribution in [1.29, 1.82) is 0 Å². The van der Waals surface area contributed by atoms with Crippen LogP contribution in [0.25, 0.3) is 10.2 Å². The molecule has 12 nitrogen and oxygen atoms in total. The van der Waals surface area contributed by atoms with E-state index in [9.17, 15) is 27.5 Å². The molecule has 6 N–H and O–H groups in total. The number of halogens is 4. The molecular formula is C39H37F4N9O3S2. The summed E-state index contributed by atoms with van der Waals surface area (Å²) in [5.41, 5.74) is 10.2. The number of anilines is 4. The van der Waals surface area contributed by atoms with E-state index >= 15 is 0 Å². The number of thiazole rings is 2. The summed E-state index contributed by atoms with van der Waals surface area (Å²) in [5, 5.41) is 22.9. The van der Waals surface area contributed by atoms with Crippen LogP contribution in [0.1, 0.15) is 44.0 Å². The van der Waals surface area contributed by atoms with Crippen molar-refractivity contribution < 1.29 is 32.2 Å². The van der Waals surface area contributed by atoms with Crippen molar-refractivity contribution >= 4 is 60.8 Å². The standard InChI is InChI=1S/C39H37F4N9O3S2/c1-23-20-32(49-50-34(23)48-36-46-28-9-4-5-10-30(28)56-36)52(3)37-47-33(35(53)54)31(57-37)11-7-19-55-29-17-14-24(21-27(29)40)8-6-18-51(2)22-25-12-15-26(16-13-25)38(44,45)39(41,42)43/h4-5,9-10,12-17,20-21H,7,11,18-19,22,44-45H2,1-3H3,(H,53,54)(H,46,48,50). The molecule has 0 unspecified atom stereocenters. The Morgan fingerprint density at radius 3 is 2.44 bits per heavy atom. The molecule has 3 aromatic heterocycles. The number of hydrogen-bond donors (Lipinski definition) is 4. The number of benzene rings is 3. The van der Waals surface area contributed by atoms with E-state index in [2.05, 4.69) is 37.3 Å². The third kappa shape index (κ3) is 9.82. The number of aromatic carboxylic acids is 1. The average Bonchev–Trinajstić information content (AvgIpc) is 3.79. The van der Waals surface area contributed by atoms with Gasteiger partial charge in [0.2, 0.25) is 0 Å². The Hall–Kier alpha value is -5.71. The van der Waals surface area contributed by atoms with Crippen molar-refractivity contribution in [2.75, 3.05) is 37.5 Å². The van der Waals surface area contributed by atoms with Crippen molar-refractivity contribution in [1.82, 2.24) is 25.1 Å². The first-order chi connectivity index (χ1) is 27.1. The molecule has 57 heavy (non-hydrogen) atoms. The molecule has 6 rings (SSSR count). The van der Waals surface area contributed by atoms with Gasteiger partial charge in [-0.15, -0.1) is 21.5 Å². The Labute approximate surface area is 333 Å². The molecule has 3 aromatic carbocycles. The quantitative estimate of drug-likeness (QED) is 0.0375. The summed E-state index contributed by atoms with van der Waals surface area (Å²) in [4.78, 5) is 25.1. The highest BCUT2D eigenvalue weighted by Crippen LogP contribution is 2.34. The van der Waals surface area contributed by atoms with Crippen LogP contribution in [0.15, 0.2) is 72.8 Å². The molecule has 0 aliphatic heterocycles. The number of carbonyl (C=O) groups is 1. The van der Waals surface area contributed by atoms with E-state index < -0.39 is 23.6 Å². The van der Waals surface area contributed by atoms with Gasteiger partial charge < -0.3 is 31.5 Å². The molecule has 0 spiro atoms.